The van der Waals surface area contributed by atoms with Gasteiger partial charge in [-0.3, -0.25) is 0 Å². The van der Waals surface area contributed by atoms with E-state index in [9.17, 15) is 9.90 Å². The Hall–Kier alpha value is -2.68. The van der Waals surface area contributed by atoms with E-state index in [1.807, 2.05) is 30.3 Å². The summed E-state index contributed by atoms with van der Waals surface area (Å²) in [7, 11) is 0. The van der Waals surface area contributed by atoms with Crippen molar-refractivity contribution in [3.63, 3.8) is 0 Å². The van der Waals surface area contributed by atoms with Gasteiger partial charge in [0.2, 0.25) is 0 Å². The van der Waals surface area contributed by atoms with Crippen molar-refractivity contribution in [1.82, 2.24) is 4.98 Å². The van der Waals surface area contributed by atoms with Gasteiger partial charge in [-0.15, -0.1) is 0 Å². The van der Waals surface area contributed by atoms with E-state index in [1.165, 1.54) is 5.56 Å². The molecule has 0 N–H and O–H groups in total. The molecule has 0 radical (unpaired) electrons. The van der Waals surface area contributed by atoms with Crippen molar-refractivity contribution < 1.29 is 9.90 Å². The Bertz CT molecular complexity index is 898. The van der Waals surface area contributed by atoms with Crippen LogP contribution in [-0.4, -0.2) is 11.0 Å². The average molecular weight is 318 g/mol. The van der Waals surface area contributed by atoms with E-state index in [-0.39, 0.29) is 5.56 Å². The summed E-state index contributed by atoms with van der Waals surface area (Å²) < 4.78 is 0. The van der Waals surface area contributed by atoms with Crippen molar-refractivity contribution in [2.75, 3.05) is 0 Å². The van der Waals surface area contributed by atoms with Crippen LogP contribution in [0.25, 0.3) is 22.2 Å². The molecule has 0 aliphatic carbocycles. The quantitative estimate of drug-likeness (QED) is 0.728. The van der Waals surface area contributed by atoms with Gasteiger partial charge in [-0.1, -0.05) is 56.3 Å². The second-order valence-electron chi connectivity index (χ2n) is 6.20. The summed E-state index contributed by atoms with van der Waals surface area (Å²) in [6.45, 7) is 6.16. The minimum Gasteiger partial charge on any atom is -0.545 e. The van der Waals surface area contributed by atoms with E-state index < -0.39 is 5.97 Å². The van der Waals surface area contributed by atoms with Crippen LogP contribution in [-0.2, 0) is 0 Å². The van der Waals surface area contributed by atoms with Gasteiger partial charge in [0.15, 0.2) is 0 Å². The fourth-order valence-electron chi connectivity index (χ4n) is 3.06. The van der Waals surface area contributed by atoms with Gasteiger partial charge in [0.05, 0.1) is 17.2 Å². The smallest absolute Gasteiger partial charge is 0.0745 e. The van der Waals surface area contributed by atoms with E-state index in [4.69, 9.17) is 4.98 Å². The molecule has 24 heavy (non-hydrogen) atoms. The van der Waals surface area contributed by atoms with Gasteiger partial charge in [0.25, 0.3) is 0 Å². The number of carbonyl (C=O) groups is 1. The second-order valence-corrected chi connectivity index (χ2v) is 6.20. The van der Waals surface area contributed by atoms with Crippen molar-refractivity contribution in [3.05, 3.63) is 65.2 Å². The minimum absolute atomic E-state index is 0.224. The molecule has 1 heterocycles. The van der Waals surface area contributed by atoms with E-state index in [0.29, 0.717) is 28.1 Å². The Kier molecular flexibility index (Phi) is 4.34. The van der Waals surface area contributed by atoms with E-state index in [2.05, 4.69) is 26.0 Å². The number of nitrogens with zero attached hydrogens (tertiary/aromatic N) is 1. The number of carboxylic acid groups (broad SMARTS) is 1. The monoisotopic (exact) mass is 318 g/mol. The van der Waals surface area contributed by atoms with Gasteiger partial charge in [-0.2, -0.15) is 0 Å². The number of carboxylic acids is 1. The number of carbonyl (C=O) groups excluding carboxylic acids is 1. The number of para-hydroxylation sites is 1. The van der Waals surface area contributed by atoms with Gasteiger partial charge in [-0.05, 0) is 36.5 Å². The topological polar surface area (TPSA) is 53.0 Å². The fourth-order valence-corrected chi connectivity index (χ4v) is 3.06. The van der Waals surface area contributed by atoms with Gasteiger partial charge in [0, 0.05) is 16.5 Å². The maximum atomic E-state index is 11.7. The maximum absolute atomic E-state index is 11.7. The molecule has 3 aromatic rings. The molecule has 3 nitrogen and oxygen atoms in total. The highest BCUT2D eigenvalue weighted by atomic mass is 16.4. The van der Waals surface area contributed by atoms with Crippen molar-refractivity contribution in [3.8, 4) is 11.3 Å². The van der Waals surface area contributed by atoms with E-state index >= 15 is 0 Å². The molecule has 3 rings (SSSR count). The fraction of sp³-hybridized carbons (Fsp3) is 0.238. The average Bonchev–Trinajstić information content (AvgIpc) is 2.60. The molecule has 0 saturated heterocycles. The molecule has 3 heteroatoms. The first-order chi connectivity index (χ1) is 11.5. The van der Waals surface area contributed by atoms with Crippen LogP contribution < -0.4 is 5.11 Å². The summed E-state index contributed by atoms with van der Waals surface area (Å²) in [5.74, 6) is -0.660. The number of hydrogen-bond donors (Lipinski definition) is 0. The number of rotatable bonds is 4. The zero-order valence-electron chi connectivity index (χ0n) is 14.2. The molecule has 2 aromatic carbocycles. The molecule has 0 saturated carbocycles. The van der Waals surface area contributed by atoms with Crippen LogP contribution in [0, 0.1) is 6.92 Å². The highest BCUT2D eigenvalue weighted by Gasteiger charge is 2.14. The Balaban J connectivity index is 2.19. The number of aromatic nitrogens is 1. The Labute approximate surface area is 142 Å². The van der Waals surface area contributed by atoms with Crippen LogP contribution in [0.2, 0.25) is 0 Å². The Morgan fingerprint density at radius 2 is 1.79 bits per heavy atom. The van der Waals surface area contributed by atoms with Crippen molar-refractivity contribution in [2.24, 2.45) is 0 Å². The largest absolute Gasteiger partial charge is 0.545 e. The zero-order valence-corrected chi connectivity index (χ0v) is 14.2. The van der Waals surface area contributed by atoms with Gasteiger partial charge in [0.1, 0.15) is 0 Å². The van der Waals surface area contributed by atoms with Crippen molar-refractivity contribution >= 4 is 16.9 Å². The van der Waals surface area contributed by atoms with Crippen LogP contribution in [0.4, 0.5) is 0 Å². The Morgan fingerprint density at radius 1 is 1.12 bits per heavy atom. The third kappa shape index (κ3) is 2.78. The summed E-state index contributed by atoms with van der Waals surface area (Å²) in [6, 6.07) is 15.5. The van der Waals surface area contributed by atoms with Crippen molar-refractivity contribution in [2.45, 2.75) is 33.1 Å². The summed E-state index contributed by atoms with van der Waals surface area (Å²) >= 11 is 0. The lowest BCUT2D eigenvalue weighted by molar-refractivity contribution is -0.254. The van der Waals surface area contributed by atoms with Crippen LogP contribution in [0.5, 0.6) is 0 Å². The molecule has 0 bridgehead atoms. The maximum Gasteiger partial charge on any atom is 0.0745 e. The highest BCUT2D eigenvalue weighted by Crippen LogP contribution is 2.30. The molecule has 1 unspecified atom stereocenters. The van der Waals surface area contributed by atoms with Crippen LogP contribution in [0.1, 0.15) is 47.7 Å². The first-order valence-corrected chi connectivity index (χ1v) is 8.24. The van der Waals surface area contributed by atoms with Crippen LogP contribution in [0.3, 0.4) is 0 Å². The normalized spacial score (nSPS) is 12.3. The third-order valence-corrected chi connectivity index (χ3v) is 4.71. The third-order valence-electron chi connectivity index (χ3n) is 4.71. The highest BCUT2D eigenvalue weighted by molar-refractivity contribution is 6.04. The summed E-state index contributed by atoms with van der Waals surface area (Å²) in [5.41, 5.74) is 4.44. The van der Waals surface area contributed by atoms with Gasteiger partial charge < -0.3 is 9.90 Å². The summed E-state index contributed by atoms with van der Waals surface area (Å²) in [4.78, 5) is 16.4. The van der Waals surface area contributed by atoms with Crippen LogP contribution >= 0.6 is 0 Å². The standard InChI is InChI=1S/C21H21NO2/c1-4-13(2)15-9-11-16(12-10-15)20-14(3)19(21(23)24)17-7-5-6-8-18(17)22-20/h5-13H,4H2,1-3H3,(H,23,24)/p-1. The van der Waals surface area contributed by atoms with Crippen molar-refractivity contribution in [1.29, 1.82) is 0 Å². The number of hydrogen-bond acceptors (Lipinski definition) is 3. The Morgan fingerprint density at radius 3 is 2.42 bits per heavy atom. The lowest BCUT2D eigenvalue weighted by atomic mass is 9.94. The molecule has 0 aliphatic heterocycles. The minimum atomic E-state index is -1.16. The predicted octanol–water partition coefficient (Wildman–Crippen LogP) is 4.09. The summed E-state index contributed by atoms with van der Waals surface area (Å²) in [5, 5.41) is 12.3. The molecule has 0 fully saturated rings. The number of benzene rings is 2. The lowest BCUT2D eigenvalue weighted by Gasteiger charge is -2.16. The molecule has 0 amide bonds. The molecule has 1 aromatic heterocycles. The molecular weight excluding hydrogens is 298 g/mol. The molecule has 0 aliphatic rings. The second kappa shape index (κ2) is 6.44. The molecule has 0 spiro atoms. The first kappa shape index (κ1) is 16.2. The van der Waals surface area contributed by atoms with E-state index in [1.54, 1.807) is 13.0 Å². The molecule has 1 atom stereocenters. The van der Waals surface area contributed by atoms with Gasteiger partial charge in [-0.25, -0.2) is 4.98 Å². The number of aromatic carboxylic acids is 1. The molecule has 122 valence electrons. The van der Waals surface area contributed by atoms with E-state index in [0.717, 1.165) is 12.0 Å². The predicted molar refractivity (Wildman–Crippen MR) is 95.0 cm³/mol. The zero-order chi connectivity index (χ0) is 17.3. The lowest BCUT2D eigenvalue weighted by Crippen LogP contribution is -2.24. The van der Waals surface area contributed by atoms with Crippen LogP contribution in [0.15, 0.2) is 48.5 Å². The number of pyridine rings is 1. The van der Waals surface area contributed by atoms with Gasteiger partial charge >= 0.3 is 0 Å². The molecular formula is C21H20NO2-. The SMILES string of the molecule is CCC(C)c1ccc(-c2nc3ccccc3c(C(=O)[O-])c2C)cc1. The summed E-state index contributed by atoms with van der Waals surface area (Å²) in [6.07, 6.45) is 1.08. The first-order valence-electron chi connectivity index (χ1n) is 8.24. The number of fused-ring (bicyclic) bond motifs is 1.